The zero-order valence-corrected chi connectivity index (χ0v) is 8.97. The van der Waals surface area contributed by atoms with Gasteiger partial charge in [0.2, 0.25) is 0 Å². The van der Waals surface area contributed by atoms with Gasteiger partial charge >= 0.3 is 0 Å². The van der Waals surface area contributed by atoms with Gasteiger partial charge in [0.25, 0.3) is 0 Å². The van der Waals surface area contributed by atoms with Crippen molar-refractivity contribution >= 4 is 0 Å². The lowest BCUT2D eigenvalue weighted by atomic mass is 9.96. The maximum absolute atomic E-state index is 8.80. The fourth-order valence-corrected chi connectivity index (χ4v) is 1.31. The Morgan fingerprint density at radius 1 is 1.64 bits per heavy atom. The fraction of sp³-hybridized carbons (Fsp3) is 0.727. The van der Waals surface area contributed by atoms with Crippen LogP contribution in [0, 0.1) is 16.7 Å². The van der Waals surface area contributed by atoms with Gasteiger partial charge in [-0.1, -0.05) is 6.08 Å². The van der Waals surface area contributed by atoms with E-state index in [2.05, 4.69) is 17.5 Å². The molecule has 0 aliphatic carbocycles. The largest absolute Gasteiger partial charge is 0.377 e. The highest BCUT2D eigenvalue weighted by Gasteiger charge is 2.15. The highest BCUT2D eigenvalue weighted by atomic mass is 16.5. The lowest BCUT2D eigenvalue weighted by Crippen LogP contribution is -2.30. The molecule has 1 heterocycles. The summed E-state index contributed by atoms with van der Waals surface area (Å²) in [4.78, 5) is 0. The van der Waals surface area contributed by atoms with Gasteiger partial charge in [-0.05, 0) is 25.8 Å². The molecule has 0 aromatic rings. The van der Waals surface area contributed by atoms with Crippen LogP contribution in [0.5, 0.6) is 0 Å². The number of nitrogens with one attached hydrogen (secondary N) is 1. The Morgan fingerprint density at radius 2 is 2.43 bits per heavy atom. The van der Waals surface area contributed by atoms with E-state index < -0.39 is 0 Å². The first kappa shape index (κ1) is 11.2. The summed E-state index contributed by atoms with van der Waals surface area (Å²) in [5, 5.41) is 12.1. The number of rotatable bonds is 4. The molecule has 0 aromatic heterocycles. The highest BCUT2D eigenvalue weighted by Crippen LogP contribution is 2.11. The van der Waals surface area contributed by atoms with E-state index in [1.165, 1.54) is 5.57 Å². The molecule has 0 radical (unpaired) electrons. The summed E-state index contributed by atoms with van der Waals surface area (Å²) in [5.74, 6) is 0. The van der Waals surface area contributed by atoms with Crippen LogP contribution in [-0.4, -0.2) is 26.3 Å². The molecule has 1 N–H and O–H groups in total. The Morgan fingerprint density at radius 3 is 3.00 bits per heavy atom. The molecule has 1 aliphatic rings. The summed E-state index contributed by atoms with van der Waals surface area (Å²) in [7, 11) is 0. The lowest BCUT2D eigenvalue weighted by Gasteiger charge is -2.18. The Bertz CT molecular complexity index is 251. The lowest BCUT2D eigenvalue weighted by molar-refractivity contribution is 0.148. The van der Waals surface area contributed by atoms with Crippen LogP contribution in [0.25, 0.3) is 0 Å². The van der Waals surface area contributed by atoms with Crippen LogP contribution in [0.3, 0.4) is 0 Å². The normalized spacial score (nSPS) is 17.4. The van der Waals surface area contributed by atoms with E-state index in [0.717, 1.165) is 32.7 Å². The van der Waals surface area contributed by atoms with Crippen LogP contribution in [0.1, 0.15) is 20.3 Å². The van der Waals surface area contributed by atoms with Crippen molar-refractivity contribution < 1.29 is 4.74 Å². The van der Waals surface area contributed by atoms with Crippen LogP contribution in [0.4, 0.5) is 0 Å². The minimum Gasteiger partial charge on any atom is -0.377 e. The molecule has 0 aromatic carbocycles. The van der Waals surface area contributed by atoms with Crippen LogP contribution < -0.4 is 5.32 Å². The van der Waals surface area contributed by atoms with Crippen LogP contribution >= 0.6 is 0 Å². The van der Waals surface area contributed by atoms with Gasteiger partial charge in [0.15, 0.2) is 0 Å². The van der Waals surface area contributed by atoms with Crippen molar-refractivity contribution in [2.75, 3.05) is 26.3 Å². The molecular formula is C11H18N2O. The van der Waals surface area contributed by atoms with E-state index >= 15 is 0 Å². The van der Waals surface area contributed by atoms with Crippen molar-refractivity contribution in [3.8, 4) is 6.07 Å². The summed E-state index contributed by atoms with van der Waals surface area (Å²) in [6.07, 6.45) is 3.23. The minimum atomic E-state index is -0.282. The first-order chi connectivity index (χ1) is 6.64. The molecule has 78 valence electrons. The Hall–Kier alpha value is -0.850. The van der Waals surface area contributed by atoms with Crippen LogP contribution in [-0.2, 0) is 4.74 Å². The first-order valence-corrected chi connectivity index (χ1v) is 5.02. The number of hydrogen-bond donors (Lipinski definition) is 1. The number of nitrogens with zero attached hydrogens (tertiary/aromatic N) is 1. The summed E-state index contributed by atoms with van der Waals surface area (Å²) in [6.45, 7) is 7.01. The van der Waals surface area contributed by atoms with Crippen molar-refractivity contribution in [2.24, 2.45) is 5.41 Å². The van der Waals surface area contributed by atoms with E-state index in [4.69, 9.17) is 10.00 Å². The van der Waals surface area contributed by atoms with Crippen molar-refractivity contribution in [1.82, 2.24) is 5.32 Å². The molecule has 14 heavy (non-hydrogen) atoms. The molecule has 0 bridgehead atoms. The Kier molecular flexibility index (Phi) is 4.12. The third kappa shape index (κ3) is 3.91. The maximum atomic E-state index is 8.80. The number of ether oxygens (including phenoxy) is 1. The standard InChI is InChI=1S/C11H18N2O/c1-11(2,8-12)9-13-6-10-4-3-5-14-7-10/h4,13H,3,5-7,9H2,1-2H3. The third-order valence-corrected chi connectivity index (χ3v) is 2.20. The number of nitriles is 1. The average molecular weight is 194 g/mol. The molecule has 0 fully saturated rings. The summed E-state index contributed by atoms with van der Waals surface area (Å²) >= 11 is 0. The van der Waals surface area contributed by atoms with E-state index in [1.54, 1.807) is 0 Å². The predicted octanol–water partition coefficient (Wildman–Crippen LogP) is 1.47. The van der Waals surface area contributed by atoms with Gasteiger partial charge in [-0.25, -0.2) is 0 Å². The molecule has 3 heteroatoms. The molecule has 0 spiro atoms. The van der Waals surface area contributed by atoms with Crippen LogP contribution in [0.15, 0.2) is 11.6 Å². The molecule has 0 atom stereocenters. The second-order valence-corrected chi connectivity index (χ2v) is 4.30. The van der Waals surface area contributed by atoms with Crippen molar-refractivity contribution in [1.29, 1.82) is 5.26 Å². The monoisotopic (exact) mass is 194 g/mol. The van der Waals surface area contributed by atoms with Gasteiger partial charge in [0.1, 0.15) is 0 Å². The fourth-order valence-electron chi connectivity index (χ4n) is 1.31. The molecule has 1 rings (SSSR count). The van der Waals surface area contributed by atoms with Gasteiger partial charge in [0, 0.05) is 13.1 Å². The highest BCUT2D eigenvalue weighted by molar-refractivity contribution is 5.07. The topological polar surface area (TPSA) is 45.0 Å². The van der Waals surface area contributed by atoms with E-state index in [-0.39, 0.29) is 5.41 Å². The minimum absolute atomic E-state index is 0.282. The molecular weight excluding hydrogens is 176 g/mol. The van der Waals surface area contributed by atoms with E-state index in [1.807, 2.05) is 13.8 Å². The second-order valence-electron chi connectivity index (χ2n) is 4.30. The van der Waals surface area contributed by atoms with Crippen molar-refractivity contribution in [3.63, 3.8) is 0 Å². The van der Waals surface area contributed by atoms with E-state index in [9.17, 15) is 0 Å². The molecule has 0 amide bonds. The Labute approximate surface area is 85.7 Å². The Balaban J connectivity index is 2.21. The van der Waals surface area contributed by atoms with Gasteiger partial charge < -0.3 is 10.1 Å². The zero-order valence-electron chi connectivity index (χ0n) is 8.97. The molecule has 1 aliphatic heterocycles. The SMILES string of the molecule is CC(C)(C#N)CNCC1=CCCOC1. The zero-order chi connectivity index (χ0) is 10.4. The summed E-state index contributed by atoms with van der Waals surface area (Å²) < 4.78 is 5.32. The molecule has 3 nitrogen and oxygen atoms in total. The van der Waals surface area contributed by atoms with Crippen molar-refractivity contribution in [3.05, 3.63) is 11.6 Å². The second kappa shape index (κ2) is 5.14. The predicted molar refractivity (Wildman–Crippen MR) is 55.8 cm³/mol. The van der Waals surface area contributed by atoms with Gasteiger partial charge in [-0.2, -0.15) is 5.26 Å². The average Bonchev–Trinajstić information content (AvgIpc) is 2.19. The van der Waals surface area contributed by atoms with Crippen LogP contribution in [0.2, 0.25) is 0 Å². The first-order valence-electron chi connectivity index (χ1n) is 5.02. The quantitative estimate of drug-likeness (QED) is 0.689. The summed E-state index contributed by atoms with van der Waals surface area (Å²) in [5.41, 5.74) is 1.01. The summed E-state index contributed by atoms with van der Waals surface area (Å²) in [6, 6.07) is 2.27. The maximum Gasteiger partial charge on any atom is 0.0697 e. The third-order valence-electron chi connectivity index (χ3n) is 2.20. The van der Waals surface area contributed by atoms with E-state index in [0.29, 0.717) is 0 Å². The smallest absolute Gasteiger partial charge is 0.0697 e. The van der Waals surface area contributed by atoms with Crippen molar-refractivity contribution in [2.45, 2.75) is 20.3 Å². The van der Waals surface area contributed by atoms with Gasteiger partial charge in [-0.3, -0.25) is 0 Å². The number of hydrogen-bond acceptors (Lipinski definition) is 3. The van der Waals surface area contributed by atoms with Gasteiger partial charge in [-0.15, -0.1) is 0 Å². The molecule has 0 saturated carbocycles. The molecule has 0 saturated heterocycles. The van der Waals surface area contributed by atoms with Gasteiger partial charge in [0.05, 0.1) is 24.7 Å². The molecule has 0 unspecified atom stereocenters.